The molecule has 0 aliphatic heterocycles. The predicted octanol–water partition coefficient (Wildman–Crippen LogP) is 4.98. The number of anilines is 1. The molecule has 0 radical (unpaired) electrons. The van der Waals surface area contributed by atoms with E-state index >= 15 is 0 Å². The molecule has 0 saturated carbocycles. The van der Waals surface area contributed by atoms with Gasteiger partial charge in [0.15, 0.2) is 0 Å². The third-order valence-electron chi connectivity index (χ3n) is 5.55. The molecule has 186 valence electrons. The van der Waals surface area contributed by atoms with Crippen molar-refractivity contribution < 1.29 is 22.7 Å². The summed E-state index contributed by atoms with van der Waals surface area (Å²) in [7, 11) is -3.73. The lowest BCUT2D eigenvalue weighted by molar-refractivity contribution is -0.121. The zero-order valence-electron chi connectivity index (χ0n) is 20.1. The van der Waals surface area contributed by atoms with E-state index in [0.29, 0.717) is 22.9 Å². The molecule has 1 N–H and O–H groups in total. The van der Waals surface area contributed by atoms with E-state index in [1.807, 2.05) is 72.8 Å². The summed E-state index contributed by atoms with van der Waals surface area (Å²) in [6, 6.07) is 28.7. The first-order valence-corrected chi connectivity index (χ1v) is 13.4. The topological polar surface area (TPSA) is 84.9 Å². The maximum absolute atomic E-state index is 12.8. The van der Waals surface area contributed by atoms with Crippen molar-refractivity contribution in [3.05, 3.63) is 97.1 Å². The van der Waals surface area contributed by atoms with Crippen molar-refractivity contribution in [3.63, 3.8) is 0 Å². The second kappa shape index (κ2) is 11.1. The maximum Gasteiger partial charge on any atom is 0.243 e. The molecule has 0 spiro atoms. The van der Waals surface area contributed by atoms with Crippen LogP contribution in [0.4, 0.5) is 5.69 Å². The van der Waals surface area contributed by atoms with Crippen LogP contribution in [0.1, 0.15) is 6.92 Å². The summed E-state index contributed by atoms with van der Waals surface area (Å²) < 4.78 is 37.8. The minimum Gasteiger partial charge on any atom is -0.492 e. The molecule has 0 heterocycles. The number of amides is 1. The monoisotopic (exact) mass is 504 g/mol. The van der Waals surface area contributed by atoms with E-state index in [9.17, 15) is 13.2 Å². The Morgan fingerprint density at radius 2 is 1.44 bits per heavy atom. The number of benzene rings is 4. The van der Waals surface area contributed by atoms with Crippen LogP contribution in [0.3, 0.4) is 0 Å². The lowest BCUT2D eigenvalue weighted by atomic mass is 10.1. The van der Waals surface area contributed by atoms with Gasteiger partial charge >= 0.3 is 0 Å². The van der Waals surface area contributed by atoms with Crippen molar-refractivity contribution in [2.24, 2.45) is 0 Å². The highest BCUT2D eigenvalue weighted by atomic mass is 32.2. The van der Waals surface area contributed by atoms with Crippen LogP contribution in [0.2, 0.25) is 0 Å². The zero-order chi connectivity index (χ0) is 25.5. The van der Waals surface area contributed by atoms with Gasteiger partial charge in [0.1, 0.15) is 29.9 Å². The number of sulfonamides is 1. The van der Waals surface area contributed by atoms with Crippen LogP contribution in [0.25, 0.3) is 10.8 Å². The first kappa shape index (κ1) is 25.1. The summed E-state index contributed by atoms with van der Waals surface area (Å²) in [5.41, 5.74) is 0.368. The predicted molar refractivity (Wildman–Crippen MR) is 142 cm³/mol. The number of para-hydroxylation sites is 1. The highest BCUT2D eigenvalue weighted by Gasteiger charge is 2.29. The highest BCUT2D eigenvalue weighted by Crippen LogP contribution is 2.27. The van der Waals surface area contributed by atoms with E-state index in [1.165, 1.54) is 0 Å². The van der Waals surface area contributed by atoms with Gasteiger partial charge < -0.3 is 14.8 Å². The molecular formula is C28H28N2O5S. The Balaban J connectivity index is 1.35. The summed E-state index contributed by atoms with van der Waals surface area (Å²) >= 11 is 0. The van der Waals surface area contributed by atoms with Gasteiger partial charge in [-0.3, -0.25) is 9.10 Å². The molecule has 4 rings (SSSR count). The number of fused-ring (bicyclic) bond motifs is 1. The van der Waals surface area contributed by atoms with E-state index < -0.39 is 22.0 Å². The van der Waals surface area contributed by atoms with Gasteiger partial charge in [0.05, 0.1) is 18.5 Å². The van der Waals surface area contributed by atoms with Gasteiger partial charge in [0.25, 0.3) is 0 Å². The maximum atomic E-state index is 12.8. The fraction of sp³-hybridized carbons (Fsp3) is 0.179. The summed E-state index contributed by atoms with van der Waals surface area (Å²) in [5, 5.41) is 4.95. The molecule has 1 atom stereocenters. The highest BCUT2D eigenvalue weighted by molar-refractivity contribution is 7.92. The fourth-order valence-corrected chi connectivity index (χ4v) is 5.02. The number of hydrogen-bond donors (Lipinski definition) is 1. The number of hydrogen-bond acceptors (Lipinski definition) is 5. The van der Waals surface area contributed by atoms with Gasteiger partial charge in [-0.25, -0.2) is 8.42 Å². The average Bonchev–Trinajstić information content (AvgIpc) is 2.87. The standard InChI is InChI=1S/C28H28N2O5S/c1-21(28(31)29-18-19-34-27-15-12-22-8-6-7-9-23(22)20-27)30(36(2,32)33)24-13-16-26(17-14-24)35-25-10-4-3-5-11-25/h3-17,20-21H,18-19H2,1-2H3,(H,29,31)/t21-/m0/s1. The molecule has 0 aromatic heterocycles. The summed E-state index contributed by atoms with van der Waals surface area (Å²) in [6.45, 7) is 2.04. The van der Waals surface area contributed by atoms with Crippen LogP contribution in [0.5, 0.6) is 17.2 Å². The molecule has 8 heteroatoms. The normalized spacial score (nSPS) is 12.1. The minimum atomic E-state index is -3.73. The Hall–Kier alpha value is -4.04. The van der Waals surface area contributed by atoms with E-state index in [0.717, 1.165) is 21.3 Å². The van der Waals surface area contributed by atoms with Crippen LogP contribution in [-0.4, -0.2) is 39.8 Å². The second-order valence-electron chi connectivity index (χ2n) is 8.29. The molecule has 1 amide bonds. The average molecular weight is 505 g/mol. The van der Waals surface area contributed by atoms with E-state index in [1.54, 1.807) is 31.2 Å². The van der Waals surface area contributed by atoms with E-state index in [-0.39, 0.29) is 13.2 Å². The van der Waals surface area contributed by atoms with Crippen molar-refractivity contribution in [2.45, 2.75) is 13.0 Å². The summed E-state index contributed by atoms with van der Waals surface area (Å²) in [4.78, 5) is 12.8. The molecule has 0 bridgehead atoms. The molecule has 0 aliphatic rings. The van der Waals surface area contributed by atoms with Gasteiger partial charge in [0.2, 0.25) is 15.9 Å². The SMILES string of the molecule is C[C@@H](C(=O)NCCOc1ccc2ccccc2c1)N(c1ccc(Oc2ccccc2)cc1)S(C)(=O)=O. The third-order valence-corrected chi connectivity index (χ3v) is 6.79. The van der Waals surface area contributed by atoms with Gasteiger partial charge in [-0.15, -0.1) is 0 Å². The molecule has 7 nitrogen and oxygen atoms in total. The minimum absolute atomic E-state index is 0.234. The number of nitrogens with one attached hydrogen (secondary N) is 1. The first-order valence-electron chi connectivity index (χ1n) is 11.5. The van der Waals surface area contributed by atoms with Crippen LogP contribution < -0.4 is 19.1 Å². The molecule has 4 aromatic rings. The van der Waals surface area contributed by atoms with Crippen LogP contribution >= 0.6 is 0 Å². The largest absolute Gasteiger partial charge is 0.492 e. The number of carbonyl (C=O) groups excluding carboxylic acids is 1. The number of ether oxygens (including phenoxy) is 2. The lowest BCUT2D eigenvalue weighted by Crippen LogP contribution is -2.48. The Bertz CT molecular complexity index is 1420. The number of rotatable bonds is 10. The molecule has 0 unspecified atom stereocenters. The van der Waals surface area contributed by atoms with E-state index in [4.69, 9.17) is 9.47 Å². The van der Waals surface area contributed by atoms with Gasteiger partial charge in [-0.2, -0.15) is 0 Å². The Morgan fingerprint density at radius 3 is 2.14 bits per heavy atom. The molecule has 36 heavy (non-hydrogen) atoms. The van der Waals surface area contributed by atoms with E-state index in [2.05, 4.69) is 5.32 Å². The lowest BCUT2D eigenvalue weighted by Gasteiger charge is -2.28. The van der Waals surface area contributed by atoms with Crippen molar-refractivity contribution in [1.82, 2.24) is 5.32 Å². The van der Waals surface area contributed by atoms with Crippen LogP contribution in [0.15, 0.2) is 97.1 Å². The van der Waals surface area contributed by atoms with Crippen LogP contribution in [0, 0.1) is 0 Å². The van der Waals surface area contributed by atoms with Crippen molar-refractivity contribution in [1.29, 1.82) is 0 Å². The summed E-state index contributed by atoms with van der Waals surface area (Å²) in [6.07, 6.45) is 1.08. The Morgan fingerprint density at radius 1 is 0.833 bits per heavy atom. The number of carbonyl (C=O) groups is 1. The Kier molecular flexibility index (Phi) is 7.75. The zero-order valence-corrected chi connectivity index (χ0v) is 20.9. The molecule has 0 fully saturated rings. The summed E-state index contributed by atoms with van der Waals surface area (Å²) in [5.74, 6) is 1.50. The third kappa shape index (κ3) is 6.34. The van der Waals surface area contributed by atoms with Gasteiger partial charge in [0, 0.05) is 0 Å². The van der Waals surface area contributed by atoms with Gasteiger partial charge in [-0.1, -0.05) is 48.5 Å². The quantitative estimate of drug-likeness (QED) is 0.308. The molecule has 4 aromatic carbocycles. The smallest absolute Gasteiger partial charge is 0.243 e. The first-order chi connectivity index (χ1) is 17.3. The molecule has 0 saturated heterocycles. The van der Waals surface area contributed by atoms with Crippen LogP contribution in [-0.2, 0) is 14.8 Å². The number of nitrogens with zero attached hydrogens (tertiary/aromatic N) is 1. The second-order valence-corrected chi connectivity index (χ2v) is 10.2. The van der Waals surface area contributed by atoms with Crippen molar-refractivity contribution in [2.75, 3.05) is 23.7 Å². The molecule has 0 aliphatic carbocycles. The van der Waals surface area contributed by atoms with Gasteiger partial charge in [-0.05, 0) is 66.2 Å². The fourth-order valence-electron chi connectivity index (χ4n) is 3.84. The molecular weight excluding hydrogens is 476 g/mol. The van der Waals surface area contributed by atoms with Crippen molar-refractivity contribution in [3.8, 4) is 17.2 Å². The van der Waals surface area contributed by atoms with Crippen molar-refractivity contribution >= 4 is 32.4 Å². The Labute approximate surface area is 211 Å².